The number of carbonyl (C=O) groups excluding carboxylic acids is 1. The fourth-order valence-corrected chi connectivity index (χ4v) is 3.27. The second kappa shape index (κ2) is 11.1. The Morgan fingerprint density at radius 1 is 1.00 bits per heavy atom. The maximum absolute atomic E-state index is 12.3. The van der Waals surface area contributed by atoms with E-state index in [0.717, 1.165) is 49.4 Å². The summed E-state index contributed by atoms with van der Waals surface area (Å²) in [7, 11) is 0. The van der Waals surface area contributed by atoms with Crippen LogP contribution >= 0.6 is 0 Å². The maximum atomic E-state index is 12.3. The van der Waals surface area contributed by atoms with Crippen LogP contribution in [0.3, 0.4) is 0 Å². The van der Waals surface area contributed by atoms with Crippen LogP contribution in [0.5, 0.6) is 5.75 Å². The van der Waals surface area contributed by atoms with Crippen LogP contribution in [0.15, 0.2) is 59.6 Å². The molecule has 1 amide bonds. The van der Waals surface area contributed by atoms with Crippen molar-refractivity contribution in [2.45, 2.75) is 32.9 Å². The number of rotatable bonds is 8. The van der Waals surface area contributed by atoms with E-state index in [9.17, 15) is 4.79 Å². The first-order valence-electron chi connectivity index (χ1n) is 10.3. The summed E-state index contributed by atoms with van der Waals surface area (Å²) in [5.41, 5.74) is 2.20. The van der Waals surface area contributed by atoms with Crippen molar-refractivity contribution < 1.29 is 9.53 Å². The van der Waals surface area contributed by atoms with Gasteiger partial charge in [0.25, 0.3) is 0 Å². The number of aliphatic imine (C=N–C) groups is 1. The van der Waals surface area contributed by atoms with Gasteiger partial charge in [-0.3, -0.25) is 4.79 Å². The zero-order chi connectivity index (χ0) is 20.3. The smallest absolute Gasteiger partial charge is 0.241 e. The summed E-state index contributed by atoms with van der Waals surface area (Å²) in [4.78, 5) is 18.8. The Bertz CT molecular complexity index is 802. The first kappa shape index (κ1) is 20.7. The van der Waals surface area contributed by atoms with Gasteiger partial charge in [-0.2, -0.15) is 0 Å². The molecule has 1 aliphatic heterocycles. The fourth-order valence-electron chi connectivity index (χ4n) is 3.27. The minimum atomic E-state index is 0.129. The van der Waals surface area contributed by atoms with Crippen molar-refractivity contribution in [3.8, 4) is 5.75 Å². The van der Waals surface area contributed by atoms with E-state index in [4.69, 9.17) is 4.74 Å². The molecule has 1 heterocycles. The molecule has 6 heteroatoms. The molecule has 0 aliphatic carbocycles. The van der Waals surface area contributed by atoms with E-state index < -0.39 is 0 Å². The Hall–Kier alpha value is -3.02. The van der Waals surface area contributed by atoms with Gasteiger partial charge in [0.05, 0.1) is 13.1 Å². The zero-order valence-electron chi connectivity index (χ0n) is 17.1. The van der Waals surface area contributed by atoms with Gasteiger partial charge in [-0.25, -0.2) is 4.99 Å². The van der Waals surface area contributed by atoms with Crippen LogP contribution in [-0.4, -0.2) is 42.9 Å². The molecule has 0 radical (unpaired) electrons. The minimum Gasteiger partial charge on any atom is -0.489 e. The number of guanidine groups is 1. The van der Waals surface area contributed by atoms with E-state index in [1.165, 1.54) is 0 Å². The van der Waals surface area contributed by atoms with Crippen molar-refractivity contribution in [3.63, 3.8) is 0 Å². The number of nitrogens with zero attached hydrogens (tertiary/aromatic N) is 2. The molecule has 1 saturated heterocycles. The second-order valence-corrected chi connectivity index (χ2v) is 7.01. The predicted octanol–water partition coefficient (Wildman–Crippen LogP) is 2.94. The van der Waals surface area contributed by atoms with Crippen molar-refractivity contribution >= 4 is 11.9 Å². The lowest BCUT2D eigenvalue weighted by Gasteiger charge is -2.17. The van der Waals surface area contributed by atoms with Gasteiger partial charge >= 0.3 is 0 Å². The van der Waals surface area contributed by atoms with E-state index in [2.05, 4.69) is 27.8 Å². The number of ether oxygens (including phenoxy) is 1. The highest BCUT2D eigenvalue weighted by Crippen LogP contribution is 2.15. The summed E-state index contributed by atoms with van der Waals surface area (Å²) >= 11 is 0. The van der Waals surface area contributed by atoms with Crippen LogP contribution in [0.25, 0.3) is 0 Å². The summed E-state index contributed by atoms with van der Waals surface area (Å²) in [6, 6.07) is 17.9. The van der Waals surface area contributed by atoms with Gasteiger partial charge in [0.2, 0.25) is 5.91 Å². The molecule has 0 aromatic heterocycles. The molecule has 0 saturated carbocycles. The molecule has 0 atom stereocenters. The number of benzene rings is 2. The van der Waals surface area contributed by atoms with Crippen LogP contribution in [0.4, 0.5) is 0 Å². The van der Waals surface area contributed by atoms with Crippen molar-refractivity contribution in [2.75, 3.05) is 26.2 Å². The molecule has 1 fully saturated rings. The third-order valence-corrected chi connectivity index (χ3v) is 4.87. The van der Waals surface area contributed by atoms with Crippen molar-refractivity contribution in [2.24, 2.45) is 4.99 Å². The molecule has 6 nitrogen and oxygen atoms in total. The molecule has 154 valence electrons. The highest BCUT2D eigenvalue weighted by molar-refractivity contribution is 5.86. The van der Waals surface area contributed by atoms with E-state index in [0.29, 0.717) is 19.1 Å². The number of hydrogen-bond acceptors (Lipinski definition) is 3. The number of amides is 1. The normalized spacial score (nSPS) is 14.0. The first-order valence-corrected chi connectivity index (χ1v) is 10.3. The minimum absolute atomic E-state index is 0.129. The molecule has 29 heavy (non-hydrogen) atoms. The largest absolute Gasteiger partial charge is 0.489 e. The summed E-state index contributed by atoms with van der Waals surface area (Å²) < 4.78 is 5.89. The first-order chi connectivity index (χ1) is 14.3. The Morgan fingerprint density at radius 2 is 1.69 bits per heavy atom. The third kappa shape index (κ3) is 6.52. The highest BCUT2D eigenvalue weighted by atomic mass is 16.5. The lowest BCUT2D eigenvalue weighted by atomic mass is 10.1. The van der Waals surface area contributed by atoms with Crippen molar-refractivity contribution in [1.29, 1.82) is 0 Å². The predicted molar refractivity (Wildman–Crippen MR) is 116 cm³/mol. The second-order valence-electron chi connectivity index (χ2n) is 7.01. The van der Waals surface area contributed by atoms with Crippen LogP contribution in [0.1, 0.15) is 30.9 Å². The van der Waals surface area contributed by atoms with E-state index in [-0.39, 0.29) is 12.5 Å². The monoisotopic (exact) mass is 394 g/mol. The average Bonchev–Trinajstić information content (AvgIpc) is 3.30. The zero-order valence-corrected chi connectivity index (χ0v) is 17.1. The molecule has 2 aromatic carbocycles. The Balaban J connectivity index is 1.58. The van der Waals surface area contributed by atoms with Gasteiger partial charge < -0.3 is 20.3 Å². The van der Waals surface area contributed by atoms with Crippen LogP contribution in [0.2, 0.25) is 0 Å². The van der Waals surface area contributed by atoms with E-state index in [1.807, 2.05) is 54.3 Å². The third-order valence-electron chi connectivity index (χ3n) is 4.87. The standard InChI is InChI=1S/C23H30N4O2/c1-2-24-23(26-17-22(28)27-14-8-9-15-27)25-16-19-10-6-7-11-20(19)18-29-21-12-4-3-5-13-21/h3-7,10-13H,2,8-9,14-18H2,1H3,(H2,24,25,26). The summed E-state index contributed by atoms with van der Waals surface area (Å²) in [6.07, 6.45) is 2.20. The molecule has 1 aliphatic rings. The average molecular weight is 395 g/mol. The molecule has 0 spiro atoms. The van der Waals surface area contributed by atoms with Crippen LogP contribution in [0, 0.1) is 0 Å². The number of likely N-dealkylation sites (tertiary alicyclic amines) is 1. The van der Waals surface area contributed by atoms with Crippen LogP contribution in [-0.2, 0) is 17.9 Å². The Morgan fingerprint density at radius 3 is 2.41 bits per heavy atom. The molecule has 0 unspecified atom stereocenters. The molecular formula is C23H30N4O2. The molecule has 3 rings (SSSR count). The Labute approximate surface area is 173 Å². The van der Waals surface area contributed by atoms with Gasteiger partial charge in [0, 0.05) is 19.6 Å². The Kier molecular flexibility index (Phi) is 7.92. The lowest BCUT2D eigenvalue weighted by molar-refractivity contribution is -0.128. The SMILES string of the molecule is CCNC(=NCc1ccccc1COc1ccccc1)NCC(=O)N1CCCC1. The van der Waals surface area contributed by atoms with Gasteiger partial charge in [0.15, 0.2) is 5.96 Å². The van der Waals surface area contributed by atoms with Gasteiger partial charge in [-0.1, -0.05) is 42.5 Å². The van der Waals surface area contributed by atoms with Gasteiger partial charge in [0.1, 0.15) is 12.4 Å². The fraction of sp³-hybridized carbons (Fsp3) is 0.391. The molecule has 2 N–H and O–H groups in total. The quantitative estimate of drug-likeness (QED) is 0.534. The number of carbonyl (C=O) groups is 1. The summed E-state index contributed by atoms with van der Waals surface area (Å²) in [5.74, 6) is 1.63. The van der Waals surface area contributed by atoms with Gasteiger partial charge in [-0.05, 0) is 43.0 Å². The maximum Gasteiger partial charge on any atom is 0.241 e. The van der Waals surface area contributed by atoms with Crippen LogP contribution < -0.4 is 15.4 Å². The topological polar surface area (TPSA) is 66.0 Å². The molecular weight excluding hydrogens is 364 g/mol. The summed E-state index contributed by atoms with van der Waals surface area (Å²) in [5, 5.41) is 6.37. The lowest BCUT2D eigenvalue weighted by Crippen LogP contribution is -2.44. The summed E-state index contributed by atoms with van der Waals surface area (Å²) in [6.45, 7) is 5.76. The number of hydrogen-bond donors (Lipinski definition) is 2. The van der Waals surface area contributed by atoms with Crippen molar-refractivity contribution in [1.82, 2.24) is 15.5 Å². The van der Waals surface area contributed by atoms with Gasteiger partial charge in [-0.15, -0.1) is 0 Å². The molecule has 0 bridgehead atoms. The number of nitrogens with one attached hydrogen (secondary N) is 2. The molecule has 2 aromatic rings. The van der Waals surface area contributed by atoms with Crippen molar-refractivity contribution in [3.05, 3.63) is 65.7 Å². The number of para-hydroxylation sites is 1. The highest BCUT2D eigenvalue weighted by Gasteiger charge is 2.17. The van der Waals surface area contributed by atoms with E-state index in [1.54, 1.807) is 0 Å². The van der Waals surface area contributed by atoms with E-state index >= 15 is 0 Å².